The summed E-state index contributed by atoms with van der Waals surface area (Å²) in [6.07, 6.45) is 11.3. The van der Waals surface area contributed by atoms with Crippen LogP contribution < -0.4 is 0 Å². The number of benzene rings is 5. The van der Waals surface area contributed by atoms with E-state index in [1.807, 2.05) is 23.9 Å². The lowest BCUT2D eigenvalue weighted by molar-refractivity contribution is 0.857. The fraction of sp³-hybridized carbons (Fsp3) is 0.0455. The molecule has 4 nitrogen and oxygen atoms in total. The standard InChI is InChI=1S/C44H28N4S3/c1-4-10-38-33(7-1)25-41(49-38)29-17-13-27(14-18-29)36-26-37(28-15-21-31(22-16-28)43-47-34-8-2-5-11-39(34)50-43)46-42(45-36)30-19-23-32(24-20-30)44-48-35-9-3-6-12-40(35)51-44/h1-26,33,38H. The maximum atomic E-state index is 5.14. The molecular formula is C44H28N4S3. The van der Waals surface area contributed by atoms with E-state index in [1.54, 1.807) is 22.7 Å². The zero-order chi connectivity index (χ0) is 33.7. The van der Waals surface area contributed by atoms with Gasteiger partial charge in [0.15, 0.2) is 5.82 Å². The first kappa shape index (κ1) is 30.4. The summed E-state index contributed by atoms with van der Waals surface area (Å²) in [5, 5.41) is 2.51. The molecule has 0 bridgehead atoms. The summed E-state index contributed by atoms with van der Waals surface area (Å²) in [7, 11) is 0. The van der Waals surface area contributed by atoms with Crippen molar-refractivity contribution in [3.05, 3.63) is 163 Å². The van der Waals surface area contributed by atoms with Crippen molar-refractivity contribution in [2.75, 3.05) is 0 Å². The van der Waals surface area contributed by atoms with Crippen LogP contribution in [-0.2, 0) is 0 Å². The quantitative estimate of drug-likeness (QED) is 0.172. The maximum Gasteiger partial charge on any atom is 0.160 e. The second-order valence-electron chi connectivity index (χ2n) is 12.6. The van der Waals surface area contributed by atoms with E-state index in [0.29, 0.717) is 17.0 Å². The number of aromatic nitrogens is 4. The lowest BCUT2D eigenvalue weighted by Crippen LogP contribution is -2.07. The van der Waals surface area contributed by atoms with E-state index in [1.165, 1.54) is 19.9 Å². The third-order valence-electron chi connectivity index (χ3n) is 9.33. The van der Waals surface area contributed by atoms with Crippen LogP contribution in [0.4, 0.5) is 0 Å². The number of fused-ring (bicyclic) bond motifs is 3. The van der Waals surface area contributed by atoms with Gasteiger partial charge in [-0.15, -0.1) is 34.4 Å². The van der Waals surface area contributed by atoms with Crippen molar-refractivity contribution in [1.82, 2.24) is 19.9 Å². The number of allylic oxidation sites excluding steroid dienone is 4. The topological polar surface area (TPSA) is 51.6 Å². The predicted octanol–water partition coefficient (Wildman–Crippen LogP) is 12.2. The average molecular weight is 709 g/mol. The van der Waals surface area contributed by atoms with Gasteiger partial charge in [0.25, 0.3) is 0 Å². The van der Waals surface area contributed by atoms with Crippen LogP contribution in [0.2, 0.25) is 0 Å². The molecule has 1 aliphatic heterocycles. The first-order valence-corrected chi connectivity index (χ1v) is 19.4. The predicted molar refractivity (Wildman–Crippen MR) is 217 cm³/mol. The molecule has 2 atom stereocenters. The normalized spacial score (nSPS) is 16.5. The van der Waals surface area contributed by atoms with Crippen LogP contribution in [0.25, 0.3) is 80.4 Å². The van der Waals surface area contributed by atoms with Crippen molar-refractivity contribution in [2.24, 2.45) is 5.92 Å². The molecule has 8 aromatic rings. The number of hydrogen-bond acceptors (Lipinski definition) is 7. The van der Waals surface area contributed by atoms with E-state index in [4.69, 9.17) is 19.9 Å². The molecule has 242 valence electrons. The zero-order valence-corrected chi connectivity index (χ0v) is 29.6. The molecule has 0 amide bonds. The molecule has 2 unspecified atom stereocenters. The molecule has 0 N–H and O–H groups in total. The molecule has 7 heteroatoms. The van der Waals surface area contributed by atoms with Gasteiger partial charge in [-0.05, 0) is 35.9 Å². The Bertz CT molecular complexity index is 2460. The summed E-state index contributed by atoms with van der Waals surface area (Å²) in [5.74, 6) is 1.15. The number of thioether (sulfide) groups is 1. The summed E-state index contributed by atoms with van der Waals surface area (Å²) < 4.78 is 2.38. The van der Waals surface area contributed by atoms with Gasteiger partial charge in [0.05, 0.1) is 31.8 Å². The number of thiazole rings is 2. The van der Waals surface area contributed by atoms with Gasteiger partial charge in [-0.2, -0.15) is 0 Å². The van der Waals surface area contributed by atoms with Crippen LogP contribution in [0.1, 0.15) is 5.56 Å². The van der Waals surface area contributed by atoms with Crippen molar-refractivity contribution < 1.29 is 0 Å². The molecule has 5 aromatic carbocycles. The Morgan fingerprint density at radius 3 is 1.49 bits per heavy atom. The van der Waals surface area contributed by atoms with E-state index in [0.717, 1.165) is 60.3 Å². The first-order valence-electron chi connectivity index (χ1n) is 16.9. The number of rotatable bonds is 6. The van der Waals surface area contributed by atoms with Crippen LogP contribution in [0.5, 0.6) is 0 Å². The Kier molecular flexibility index (Phi) is 7.56. The molecule has 0 spiro atoms. The smallest absolute Gasteiger partial charge is 0.160 e. The van der Waals surface area contributed by atoms with Gasteiger partial charge in [-0.3, -0.25) is 0 Å². The molecule has 51 heavy (non-hydrogen) atoms. The lowest BCUT2D eigenvalue weighted by atomic mass is 9.99. The van der Waals surface area contributed by atoms with Crippen molar-refractivity contribution in [2.45, 2.75) is 5.25 Å². The van der Waals surface area contributed by atoms with Gasteiger partial charge in [-0.25, -0.2) is 19.9 Å². The van der Waals surface area contributed by atoms with E-state index in [9.17, 15) is 0 Å². The number of hydrogen-bond donors (Lipinski definition) is 0. The van der Waals surface area contributed by atoms with E-state index in [2.05, 4.69) is 146 Å². The molecule has 0 radical (unpaired) electrons. The van der Waals surface area contributed by atoms with Gasteiger partial charge in [-0.1, -0.05) is 127 Å². The molecular weight excluding hydrogens is 681 g/mol. The van der Waals surface area contributed by atoms with E-state index >= 15 is 0 Å². The van der Waals surface area contributed by atoms with Gasteiger partial charge in [0.1, 0.15) is 10.0 Å². The highest BCUT2D eigenvalue weighted by Gasteiger charge is 2.26. The molecule has 10 rings (SSSR count). The third-order valence-corrected chi connectivity index (χ3v) is 12.9. The monoisotopic (exact) mass is 708 g/mol. The van der Waals surface area contributed by atoms with Crippen molar-refractivity contribution in [3.8, 4) is 55.0 Å². The third kappa shape index (κ3) is 5.83. The van der Waals surface area contributed by atoms with Crippen molar-refractivity contribution >= 4 is 59.8 Å². The highest BCUT2D eigenvalue weighted by Crippen LogP contribution is 2.45. The van der Waals surface area contributed by atoms with E-state index < -0.39 is 0 Å². The van der Waals surface area contributed by atoms with Crippen LogP contribution in [0.15, 0.2) is 158 Å². The lowest BCUT2D eigenvalue weighted by Gasteiger charge is -2.13. The summed E-state index contributed by atoms with van der Waals surface area (Å²) in [4.78, 5) is 21.3. The summed E-state index contributed by atoms with van der Waals surface area (Å²) in [6.45, 7) is 0. The summed E-state index contributed by atoms with van der Waals surface area (Å²) in [5.41, 5.74) is 10.3. The Morgan fingerprint density at radius 2 is 0.941 bits per heavy atom. The maximum absolute atomic E-state index is 5.14. The molecule has 0 fully saturated rings. The largest absolute Gasteiger partial charge is 0.236 e. The number of para-hydroxylation sites is 2. The van der Waals surface area contributed by atoms with Crippen LogP contribution >= 0.6 is 34.4 Å². The molecule has 2 aliphatic rings. The van der Waals surface area contributed by atoms with Gasteiger partial charge in [0.2, 0.25) is 0 Å². The highest BCUT2D eigenvalue weighted by atomic mass is 32.2. The van der Waals surface area contributed by atoms with Crippen LogP contribution in [0.3, 0.4) is 0 Å². The Morgan fingerprint density at radius 1 is 0.451 bits per heavy atom. The van der Waals surface area contributed by atoms with Gasteiger partial charge >= 0.3 is 0 Å². The molecule has 1 aliphatic carbocycles. The van der Waals surface area contributed by atoms with Crippen LogP contribution in [-0.4, -0.2) is 25.2 Å². The van der Waals surface area contributed by atoms with Gasteiger partial charge in [0, 0.05) is 43.9 Å². The Hall–Kier alpha value is -5.47. The minimum Gasteiger partial charge on any atom is -0.236 e. The second-order valence-corrected chi connectivity index (χ2v) is 15.9. The molecule has 0 saturated heterocycles. The summed E-state index contributed by atoms with van der Waals surface area (Å²) >= 11 is 5.36. The van der Waals surface area contributed by atoms with Crippen LogP contribution in [0, 0.1) is 5.92 Å². The number of nitrogens with zero attached hydrogens (tertiary/aromatic N) is 4. The van der Waals surface area contributed by atoms with Crippen molar-refractivity contribution in [3.63, 3.8) is 0 Å². The Labute approximate surface area is 307 Å². The molecule has 0 saturated carbocycles. The average Bonchev–Trinajstić information content (AvgIpc) is 3.95. The zero-order valence-electron chi connectivity index (χ0n) is 27.2. The fourth-order valence-electron chi connectivity index (χ4n) is 6.61. The fourth-order valence-corrected chi connectivity index (χ4v) is 9.85. The molecule has 3 aromatic heterocycles. The van der Waals surface area contributed by atoms with Gasteiger partial charge < -0.3 is 0 Å². The minimum absolute atomic E-state index is 0.462. The SMILES string of the molecule is C1=CC2C=C(c3ccc(-c4cc(-c5ccc(-c6nc7ccccc7s6)cc5)nc(-c5ccc(-c6nc7ccccc7s6)cc5)n4)cc3)SC2C=C1. The minimum atomic E-state index is 0.462. The highest BCUT2D eigenvalue weighted by molar-refractivity contribution is 8.09. The molecule has 4 heterocycles. The van der Waals surface area contributed by atoms with Crippen molar-refractivity contribution in [1.29, 1.82) is 0 Å². The Balaban J connectivity index is 1.01. The van der Waals surface area contributed by atoms with E-state index in [-0.39, 0.29) is 0 Å². The first-order chi connectivity index (χ1) is 25.2. The summed E-state index contributed by atoms with van der Waals surface area (Å²) in [6, 6.07) is 44.5. The second kappa shape index (κ2) is 12.7.